The fourth-order valence-electron chi connectivity index (χ4n) is 2.77. The van der Waals surface area contributed by atoms with Crippen LogP contribution in [0.1, 0.15) is 17.5 Å². The highest BCUT2D eigenvalue weighted by molar-refractivity contribution is 5.79. The topological polar surface area (TPSA) is 46.1 Å². The van der Waals surface area contributed by atoms with E-state index in [4.69, 9.17) is 9.47 Å². The highest BCUT2D eigenvalue weighted by Crippen LogP contribution is 2.14. The minimum absolute atomic E-state index is 0.238. The summed E-state index contributed by atoms with van der Waals surface area (Å²) in [6, 6.07) is 5.08. The van der Waals surface area contributed by atoms with E-state index in [9.17, 15) is 4.39 Å². The van der Waals surface area contributed by atoms with Crippen LogP contribution in [0.5, 0.6) is 0 Å². The summed E-state index contributed by atoms with van der Waals surface area (Å²) in [4.78, 5) is 6.42. The molecule has 2 rings (SSSR count). The van der Waals surface area contributed by atoms with E-state index < -0.39 is 0 Å². The molecule has 1 atom stereocenters. The molecule has 1 aromatic rings. The Kier molecular flexibility index (Phi) is 6.80. The molecule has 0 amide bonds. The molecule has 1 heterocycles. The molecule has 1 fully saturated rings. The Morgan fingerprint density at radius 3 is 3.00 bits per heavy atom. The normalized spacial score (nSPS) is 18.3. The van der Waals surface area contributed by atoms with Crippen LogP contribution in [0, 0.1) is 11.7 Å². The molecule has 128 valence electrons. The number of benzene rings is 1. The first-order valence-corrected chi connectivity index (χ1v) is 7.89. The summed E-state index contributed by atoms with van der Waals surface area (Å²) in [5.41, 5.74) is 1.57. The largest absolute Gasteiger partial charge is 0.381 e. The van der Waals surface area contributed by atoms with E-state index in [2.05, 4.69) is 15.2 Å². The van der Waals surface area contributed by atoms with Crippen molar-refractivity contribution in [3.8, 4) is 0 Å². The zero-order chi connectivity index (χ0) is 16.7. The van der Waals surface area contributed by atoms with Gasteiger partial charge >= 0.3 is 0 Å². The van der Waals surface area contributed by atoms with Crippen molar-refractivity contribution in [3.63, 3.8) is 0 Å². The third-order valence-electron chi connectivity index (χ3n) is 3.99. The van der Waals surface area contributed by atoms with Crippen LogP contribution >= 0.6 is 0 Å². The molecule has 0 saturated carbocycles. The number of rotatable bonds is 6. The summed E-state index contributed by atoms with van der Waals surface area (Å²) in [6.45, 7) is 3.45. The van der Waals surface area contributed by atoms with Gasteiger partial charge in [-0.05, 0) is 24.1 Å². The van der Waals surface area contributed by atoms with Crippen LogP contribution < -0.4 is 5.32 Å². The molecule has 1 aromatic carbocycles. The summed E-state index contributed by atoms with van der Waals surface area (Å²) < 4.78 is 24.1. The number of nitrogens with zero attached hydrogens (tertiary/aromatic N) is 2. The minimum atomic E-state index is -0.238. The second-order valence-corrected chi connectivity index (χ2v) is 5.87. The van der Waals surface area contributed by atoms with Crippen molar-refractivity contribution < 1.29 is 13.9 Å². The van der Waals surface area contributed by atoms with Crippen molar-refractivity contribution in [2.24, 2.45) is 10.9 Å². The van der Waals surface area contributed by atoms with Crippen LogP contribution in [-0.2, 0) is 22.6 Å². The second kappa shape index (κ2) is 8.84. The molecule has 1 aliphatic heterocycles. The molecule has 23 heavy (non-hydrogen) atoms. The van der Waals surface area contributed by atoms with Crippen molar-refractivity contribution in [2.45, 2.75) is 19.6 Å². The van der Waals surface area contributed by atoms with Crippen LogP contribution in [0.3, 0.4) is 0 Å². The minimum Gasteiger partial charge on any atom is -0.381 e. The number of hydrogen-bond donors (Lipinski definition) is 1. The number of halogens is 1. The van der Waals surface area contributed by atoms with E-state index in [1.54, 1.807) is 20.2 Å². The summed E-state index contributed by atoms with van der Waals surface area (Å²) in [5.74, 6) is 1.14. The molecule has 0 aliphatic carbocycles. The highest BCUT2D eigenvalue weighted by atomic mass is 19.1. The van der Waals surface area contributed by atoms with Crippen LogP contribution in [0.4, 0.5) is 4.39 Å². The van der Waals surface area contributed by atoms with E-state index >= 15 is 0 Å². The molecule has 0 bridgehead atoms. The molecule has 1 aliphatic rings. The monoisotopic (exact) mass is 323 g/mol. The number of hydrogen-bond acceptors (Lipinski definition) is 3. The van der Waals surface area contributed by atoms with Gasteiger partial charge in [-0.15, -0.1) is 0 Å². The first kappa shape index (κ1) is 17.7. The van der Waals surface area contributed by atoms with E-state index in [1.807, 2.05) is 13.1 Å². The lowest BCUT2D eigenvalue weighted by molar-refractivity contribution is 0.181. The van der Waals surface area contributed by atoms with Gasteiger partial charge in [0.25, 0.3) is 0 Å². The number of guanidine groups is 1. The van der Waals surface area contributed by atoms with E-state index in [1.165, 1.54) is 6.07 Å². The van der Waals surface area contributed by atoms with Gasteiger partial charge in [-0.3, -0.25) is 4.99 Å². The van der Waals surface area contributed by atoms with Gasteiger partial charge in [-0.25, -0.2) is 4.39 Å². The van der Waals surface area contributed by atoms with Gasteiger partial charge in [0.15, 0.2) is 5.96 Å². The smallest absolute Gasteiger partial charge is 0.193 e. The molecule has 6 heteroatoms. The van der Waals surface area contributed by atoms with E-state index in [-0.39, 0.29) is 12.4 Å². The molecule has 1 unspecified atom stereocenters. The first-order valence-electron chi connectivity index (χ1n) is 7.89. The molecule has 1 N–H and O–H groups in total. The van der Waals surface area contributed by atoms with Crippen LogP contribution in [0.25, 0.3) is 0 Å². The molecular formula is C17H26FN3O2. The predicted molar refractivity (Wildman–Crippen MR) is 88.9 cm³/mol. The van der Waals surface area contributed by atoms with E-state index in [0.29, 0.717) is 18.0 Å². The van der Waals surface area contributed by atoms with Gasteiger partial charge in [-0.2, -0.15) is 0 Å². The third-order valence-corrected chi connectivity index (χ3v) is 3.99. The molecule has 5 nitrogen and oxygen atoms in total. The number of ether oxygens (including phenoxy) is 2. The van der Waals surface area contributed by atoms with Gasteiger partial charge in [0.1, 0.15) is 5.82 Å². The summed E-state index contributed by atoms with van der Waals surface area (Å²) in [6.07, 6.45) is 1.10. The van der Waals surface area contributed by atoms with Gasteiger partial charge in [0, 0.05) is 52.4 Å². The van der Waals surface area contributed by atoms with Gasteiger partial charge in [0.2, 0.25) is 0 Å². The van der Waals surface area contributed by atoms with Gasteiger partial charge < -0.3 is 19.7 Å². The predicted octanol–water partition coefficient (Wildman–Crippen LogP) is 2.02. The Morgan fingerprint density at radius 1 is 1.52 bits per heavy atom. The maximum Gasteiger partial charge on any atom is 0.193 e. The fraction of sp³-hybridized carbons (Fsp3) is 0.588. The third kappa shape index (κ3) is 5.18. The lowest BCUT2D eigenvalue weighted by atomic mass is 10.1. The molecule has 0 aromatic heterocycles. The Morgan fingerprint density at radius 2 is 2.35 bits per heavy atom. The Bertz CT molecular complexity index is 531. The van der Waals surface area contributed by atoms with Crippen LogP contribution in [0.15, 0.2) is 23.2 Å². The Balaban J connectivity index is 1.90. The molecule has 0 spiro atoms. The average Bonchev–Trinajstić information content (AvgIpc) is 3.04. The Labute approximate surface area is 137 Å². The van der Waals surface area contributed by atoms with Gasteiger partial charge in [0.05, 0.1) is 13.2 Å². The lowest BCUT2D eigenvalue weighted by Crippen LogP contribution is -2.41. The second-order valence-electron chi connectivity index (χ2n) is 5.87. The van der Waals surface area contributed by atoms with Crippen LogP contribution in [0.2, 0.25) is 0 Å². The summed E-state index contributed by atoms with van der Waals surface area (Å²) >= 11 is 0. The van der Waals surface area contributed by atoms with Crippen molar-refractivity contribution in [1.82, 2.24) is 10.2 Å². The fourth-order valence-corrected chi connectivity index (χ4v) is 2.77. The summed E-state index contributed by atoms with van der Waals surface area (Å²) in [7, 11) is 5.35. The van der Waals surface area contributed by atoms with Crippen molar-refractivity contribution in [3.05, 3.63) is 35.1 Å². The number of nitrogens with one attached hydrogen (secondary N) is 1. The summed E-state index contributed by atoms with van der Waals surface area (Å²) in [5, 5.41) is 3.32. The lowest BCUT2D eigenvalue weighted by Gasteiger charge is -2.24. The first-order chi connectivity index (χ1) is 11.1. The van der Waals surface area contributed by atoms with Crippen molar-refractivity contribution in [2.75, 3.05) is 41.0 Å². The van der Waals surface area contributed by atoms with Crippen molar-refractivity contribution >= 4 is 5.96 Å². The number of aliphatic imine (C=N–C) groups is 1. The molecule has 0 radical (unpaired) electrons. The maximum absolute atomic E-state index is 13.6. The van der Waals surface area contributed by atoms with Crippen LogP contribution in [-0.4, -0.2) is 51.8 Å². The highest BCUT2D eigenvalue weighted by Gasteiger charge is 2.19. The quantitative estimate of drug-likeness (QED) is 0.643. The standard InChI is InChI=1S/C17H26FN3O2/c1-19-17(21(2)10-14-6-7-23-11-14)20-9-13-4-5-16(18)15(8-13)12-22-3/h4-5,8,14H,6-7,9-12H2,1-3H3,(H,19,20). The maximum atomic E-state index is 13.6. The number of methoxy groups -OCH3 is 1. The average molecular weight is 323 g/mol. The molecule has 1 saturated heterocycles. The van der Waals surface area contributed by atoms with Gasteiger partial charge in [-0.1, -0.05) is 6.07 Å². The van der Waals surface area contributed by atoms with Crippen molar-refractivity contribution in [1.29, 1.82) is 0 Å². The Hall–Kier alpha value is -1.66. The SMILES string of the molecule is CN=C(NCc1ccc(F)c(COC)c1)N(C)CC1CCOC1. The van der Waals surface area contributed by atoms with E-state index in [0.717, 1.165) is 37.7 Å². The molecular weight excluding hydrogens is 297 g/mol. The zero-order valence-corrected chi connectivity index (χ0v) is 14.1. The zero-order valence-electron chi connectivity index (χ0n) is 14.1.